The zero-order valence-electron chi connectivity index (χ0n) is 6.70. The highest BCUT2D eigenvalue weighted by Gasteiger charge is 1.87. The van der Waals surface area contributed by atoms with Crippen LogP contribution in [0.4, 0.5) is 5.69 Å². The van der Waals surface area contributed by atoms with E-state index >= 15 is 0 Å². The molecule has 0 saturated heterocycles. The molecule has 1 aromatic rings. The minimum absolute atomic E-state index is 0.854. The van der Waals surface area contributed by atoms with Crippen LogP contribution in [0.1, 0.15) is 11.1 Å². The van der Waals surface area contributed by atoms with E-state index in [0.29, 0.717) is 0 Å². The van der Waals surface area contributed by atoms with E-state index in [1.165, 1.54) is 11.1 Å². The van der Waals surface area contributed by atoms with Crippen LogP contribution < -0.4 is 5.73 Å². The quantitative estimate of drug-likeness (QED) is 0.452. The Morgan fingerprint density at radius 1 is 1.00 bits per heavy atom. The summed E-state index contributed by atoms with van der Waals surface area (Å²) in [7, 11) is 0. The molecule has 0 aromatic heterocycles. The van der Waals surface area contributed by atoms with Gasteiger partial charge in [0.15, 0.2) is 0 Å². The maximum Gasteiger partial charge on any atom is 0.0319 e. The number of anilines is 1. The molecule has 0 bridgehead atoms. The summed E-state index contributed by atoms with van der Waals surface area (Å²) >= 11 is 0. The standard InChI is InChI=1S/C8H11N.N2/c1-6-3-7(2)5-8(9)4-6;1-2/h3-5H,9H2,1-2H3;. The molecule has 0 saturated carbocycles. The van der Waals surface area contributed by atoms with Crippen molar-refractivity contribution in [3.05, 3.63) is 29.3 Å². The first-order valence-corrected chi connectivity index (χ1v) is 3.22. The first-order valence-electron chi connectivity index (χ1n) is 3.22. The minimum atomic E-state index is 0.854. The van der Waals surface area contributed by atoms with E-state index in [-0.39, 0.29) is 0 Å². The number of rotatable bonds is 0. The molecule has 58 valence electrons. The fourth-order valence-corrected chi connectivity index (χ4v) is 1.01. The Hall–Kier alpha value is -1.56. The molecular weight excluding hydrogens is 138 g/mol. The molecular formula is C8H11N3. The number of nitrogen functional groups attached to an aromatic ring is 1. The molecule has 0 aliphatic rings. The monoisotopic (exact) mass is 149 g/mol. The van der Waals surface area contributed by atoms with Crippen molar-refractivity contribution < 1.29 is 0 Å². The van der Waals surface area contributed by atoms with Crippen molar-refractivity contribution in [3.8, 4) is 0 Å². The Kier molecular flexibility index (Phi) is 3.68. The Morgan fingerprint density at radius 2 is 1.36 bits per heavy atom. The van der Waals surface area contributed by atoms with Gasteiger partial charge in [-0.05, 0) is 37.1 Å². The summed E-state index contributed by atoms with van der Waals surface area (Å²) in [5.74, 6) is 0. The van der Waals surface area contributed by atoms with Gasteiger partial charge in [-0.2, -0.15) is 0 Å². The van der Waals surface area contributed by atoms with Gasteiger partial charge >= 0.3 is 0 Å². The lowest BCUT2D eigenvalue weighted by atomic mass is 10.1. The van der Waals surface area contributed by atoms with Crippen LogP contribution in [0.5, 0.6) is 0 Å². The van der Waals surface area contributed by atoms with E-state index in [1.807, 2.05) is 26.0 Å². The van der Waals surface area contributed by atoms with E-state index in [1.54, 1.807) is 0 Å². The van der Waals surface area contributed by atoms with Crippen molar-refractivity contribution in [2.45, 2.75) is 13.8 Å². The third-order valence-corrected chi connectivity index (χ3v) is 1.24. The number of aryl methyl sites for hydroxylation is 2. The normalized spacial score (nSPS) is 8.00. The van der Waals surface area contributed by atoms with Crippen LogP contribution in [0.3, 0.4) is 0 Å². The van der Waals surface area contributed by atoms with E-state index in [0.717, 1.165) is 5.69 Å². The van der Waals surface area contributed by atoms with Crippen LogP contribution in [0.2, 0.25) is 0 Å². The number of hydrogen-bond donors (Lipinski definition) is 1. The Balaban J connectivity index is 0.000000461. The maximum absolute atomic E-state index is 6.00. The summed E-state index contributed by atoms with van der Waals surface area (Å²) < 4.78 is 0. The third kappa shape index (κ3) is 3.21. The van der Waals surface area contributed by atoms with Crippen LogP contribution in [0.25, 0.3) is 0 Å². The molecule has 0 unspecified atom stereocenters. The van der Waals surface area contributed by atoms with Crippen molar-refractivity contribution in [3.63, 3.8) is 0 Å². The lowest BCUT2D eigenvalue weighted by molar-refractivity contribution is 1.15. The van der Waals surface area contributed by atoms with Gasteiger partial charge in [0.1, 0.15) is 0 Å². The van der Waals surface area contributed by atoms with Gasteiger partial charge in [-0.25, -0.2) is 0 Å². The molecule has 1 rings (SSSR count). The van der Waals surface area contributed by atoms with Crippen molar-refractivity contribution in [1.82, 2.24) is 0 Å². The van der Waals surface area contributed by atoms with Gasteiger partial charge in [0.25, 0.3) is 0 Å². The van der Waals surface area contributed by atoms with E-state index in [9.17, 15) is 0 Å². The molecule has 0 spiro atoms. The smallest absolute Gasteiger partial charge is 0.0319 e. The second-order valence-corrected chi connectivity index (χ2v) is 2.42. The van der Waals surface area contributed by atoms with Gasteiger partial charge in [0.05, 0.1) is 0 Å². The molecule has 3 nitrogen and oxygen atoms in total. The molecule has 0 fully saturated rings. The summed E-state index contributed by atoms with van der Waals surface area (Å²) in [5, 5.41) is 12.0. The third-order valence-electron chi connectivity index (χ3n) is 1.24. The Bertz CT molecular complexity index is 202. The average molecular weight is 149 g/mol. The molecule has 1 aromatic carbocycles. The number of benzene rings is 1. The highest BCUT2D eigenvalue weighted by molar-refractivity contribution is 5.43. The van der Waals surface area contributed by atoms with Crippen LogP contribution in [-0.2, 0) is 0 Å². The first-order chi connectivity index (χ1) is 5.18. The minimum Gasteiger partial charge on any atom is -0.399 e. The second-order valence-electron chi connectivity index (χ2n) is 2.42. The topological polar surface area (TPSA) is 73.6 Å². The molecule has 11 heavy (non-hydrogen) atoms. The van der Waals surface area contributed by atoms with Gasteiger partial charge in [-0.3, -0.25) is 0 Å². The molecule has 2 N–H and O–H groups in total. The van der Waals surface area contributed by atoms with Gasteiger partial charge in [0, 0.05) is 16.5 Å². The Labute approximate surface area is 66.3 Å². The van der Waals surface area contributed by atoms with Crippen molar-refractivity contribution in [2.24, 2.45) is 0 Å². The predicted octanol–water partition coefficient (Wildman–Crippen LogP) is 1.92. The lowest BCUT2D eigenvalue weighted by Gasteiger charge is -1.97. The maximum atomic E-state index is 6.00. The van der Waals surface area contributed by atoms with E-state index < -0.39 is 0 Å². The fourth-order valence-electron chi connectivity index (χ4n) is 1.01. The summed E-state index contributed by atoms with van der Waals surface area (Å²) in [6.45, 7) is 4.09. The van der Waals surface area contributed by atoms with Gasteiger partial charge in [-0.1, -0.05) is 6.07 Å². The van der Waals surface area contributed by atoms with Crippen molar-refractivity contribution in [1.29, 1.82) is 10.8 Å². The van der Waals surface area contributed by atoms with Crippen molar-refractivity contribution in [2.75, 3.05) is 5.73 Å². The molecule has 3 heteroatoms. The number of nitrogens with two attached hydrogens (primary N) is 1. The summed E-state index contributed by atoms with van der Waals surface area (Å²) in [4.78, 5) is 0. The predicted molar refractivity (Wildman–Crippen MR) is 43.8 cm³/mol. The highest BCUT2D eigenvalue weighted by Crippen LogP contribution is 2.08. The van der Waals surface area contributed by atoms with E-state index in [4.69, 9.17) is 16.5 Å². The fraction of sp³-hybridized carbons (Fsp3) is 0.250. The van der Waals surface area contributed by atoms with Gasteiger partial charge < -0.3 is 5.73 Å². The zero-order chi connectivity index (χ0) is 8.85. The molecule has 0 amide bonds. The lowest BCUT2D eigenvalue weighted by Crippen LogP contribution is -1.86. The van der Waals surface area contributed by atoms with Gasteiger partial charge in [0.2, 0.25) is 0 Å². The molecule has 0 atom stereocenters. The first kappa shape index (κ1) is 9.44. The number of hydrogen-bond acceptors (Lipinski definition) is 3. The van der Waals surface area contributed by atoms with E-state index in [2.05, 4.69) is 6.07 Å². The summed E-state index contributed by atoms with van der Waals surface area (Å²) in [6, 6.07) is 6.04. The van der Waals surface area contributed by atoms with Crippen molar-refractivity contribution >= 4 is 5.69 Å². The zero-order valence-corrected chi connectivity index (χ0v) is 6.70. The molecule has 0 radical (unpaired) electrons. The molecule has 0 heterocycles. The van der Waals surface area contributed by atoms with Crippen LogP contribution in [0, 0.1) is 24.6 Å². The molecule has 0 aliphatic carbocycles. The largest absolute Gasteiger partial charge is 0.399 e. The van der Waals surface area contributed by atoms with Crippen LogP contribution >= 0.6 is 0 Å². The SMILES string of the molecule is Cc1cc(C)cc(N)c1.N#N. The summed E-state index contributed by atoms with van der Waals surface area (Å²) in [5.41, 5.74) is 8.87. The second kappa shape index (κ2) is 4.29. The summed E-state index contributed by atoms with van der Waals surface area (Å²) in [6.07, 6.45) is 0. The average Bonchev–Trinajstić information content (AvgIpc) is 1.88. The number of nitrogens with zero attached hydrogens (tertiary/aromatic N) is 2. The molecule has 0 aliphatic heterocycles. The van der Waals surface area contributed by atoms with Crippen LogP contribution in [0.15, 0.2) is 18.2 Å². The van der Waals surface area contributed by atoms with Gasteiger partial charge in [-0.15, -0.1) is 0 Å². The highest BCUT2D eigenvalue weighted by atomic mass is 14.6. The Morgan fingerprint density at radius 3 is 1.64 bits per heavy atom. The van der Waals surface area contributed by atoms with Crippen LogP contribution in [-0.4, -0.2) is 0 Å².